The van der Waals surface area contributed by atoms with Crippen LogP contribution in [-0.2, 0) is 9.59 Å². The molecular weight excluding hydrogens is 324 g/mol. The van der Waals surface area contributed by atoms with Crippen molar-refractivity contribution in [3.8, 4) is 0 Å². The molecule has 0 spiro atoms. The van der Waals surface area contributed by atoms with Gasteiger partial charge in [0.15, 0.2) is 11.6 Å². The summed E-state index contributed by atoms with van der Waals surface area (Å²) in [5.41, 5.74) is 0.117. The molecule has 0 aliphatic carbocycles. The van der Waals surface area contributed by atoms with Crippen LogP contribution in [0, 0.1) is 11.6 Å². The van der Waals surface area contributed by atoms with E-state index in [0.717, 1.165) is 12.1 Å². The van der Waals surface area contributed by atoms with Gasteiger partial charge in [0.05, 0.1) is 17.3 Å². The molecule has 120 valence electrons. The topological polar surface area (TPSA) is 71.1 Å². The molecule has 23 heavy (non-hydrogen) atoms. The monoisotopic (exact) mass is 337 g/mol. The Hall–Kier alpha value is -2.48. The number of hydrogen-bond donors (Lipinski definition) is 2. The van der Waals surface area contributed by atoms with Crippen molar-refractivity contribution in [2.24, 2.45) is 0 Å². The molecule has 1 aromatic carbocycles. The van der Waals surface area contributed by atoms with Gasteiger partial charge in [0.2, 0.25) is 11.8 Å². The fourth-order valence-corrected chi connectivity index (χ4v) is 2.27. The van der Waals surface area contributed by atoms with Crippen molar-refractivity contribution in [2.75, 3.05) is 17.6 Å². The Morgan fingerprint density at radius 1 is 1.09 bits per heavy atom. The maximum absolute atomic E-state index is 13.0. The zero-order valence-corrected chi connectivity index (χ0v) is 12.7. The Labute approximate surface area is 135 Å². The van der Waals surface area contributed by atoms with Gasteiger partial charge < -0.3 is 10.6 Å². The van der Waals surface area contributed by atoms with Crippen molar-refractivity contribution in [2.45, 2.75) is 5.03 Å². The fraction of sp³-hybridized carbons (Fsp3) is 0.133. The molecule has 5 nitrogen and oxygen atoms in total. The molecule has 0 saturated heterocycles. The van der Waals surface area contributed by atoms with E-state index in [1.54, 1.807) is 18.3 Å². The van der Waals surface area contributed by atoms with E-state index in [1.807, 2.05) is 6.07 Å². The number of thioether (sulfide) groups is 1. The Kier molecular flexibility index (Phi) is 6.04. The van der Waals surface area contributed by atoms with E-state index in [-0.39, 0.29) is 23.9 Å². The summed E-state index contributed by atoms with van der Waals surface area (Å²) in [6.07, 6.45) is 1.62. The number of amides is 2. The third-order valence-corrected chi connectivity index (χ3v) is 3.58. The summed E-state index contributed by atoms with van der Waals surface area (Å²) in [5.74, 6) is -2.80. The van der Waals surface area contributed by atoms with Gasteiger partial charge >= 0.3 is 0 Å². The van der Waals surface area contributed by atoms with Crippen LogP contribution >= 0.6 is 11.8 Å². The first-order valence-corrected chi connectivity index (χ1v) is 7.58. The number of benzene rings is 1. The molecule has 0 unspecified atom stereocenters. The summed E-state index contributed by atoms with van der Waals surface area (Å²) >= 11 is 1.24. The molecule has 8 heteroatoms. The number of carbonyl (C=O) groups is 2. The van der Waals surface area contributed by atoms with Gasteiger partial charge in [0.1, 0.15) is 0 Å². The first-order valence-electron chi connectivity index (χ1n) is 6.60. The van der Waals surface area contributed by atoms with Crippen LogP contribution in [0.25, 0.3) is 0 Å². The Bertz CT molecular complexity index is 698. The summed E-state index contributed by atoms with van der Waals surface area (Å²) in [4.78, 5) is 27.3. The van der Waals surface area contributed by atoms with E-state index >= 15 is 0 Å². The molecule has 2 N–H and O–H groups in total. The van der Waals surface area contributed by atoms with Crippen molar-refractivity contribution < 1.29 is 18.4 Å². The Balaban J connectivity index is 1.73. The number of nitrogens with zero attached hydrogens (tertiary/aromatic N) is 1. The maximum atomic E-state index is 13.0. The second kappa shape index (κ2) is 8.23. The van der Waals surface area contributed by atoms with E-state index in [4.69, 9.17) is 0 Å². The Morgan fingerprint density at radius 2 is 1.91 bits per heavy atom. The molecule has 1 heterocycles. The Morgan fingerprint density at radius 3 is 2.61 bits per heavy atom. The fourth-order valence-electron chi connectivity index (χ4n) is 1.58. The van der Waals surface area contributed by atoms with Gasteiger partial charge in [-0.05, 0) is 24.3 Å². The van der Waals surface area contributed by atoms with E-state index in [9.17, 15) is 18.4 Å². The summed E-state index contributed by atoms with van der Waals surface area (Å²) in [6, 6.07) is 8.36. The van der Waals surface area contributed by atoms with Crippen LogP contribution < -0.4 is 10.6 Å². The lowest BCUT2D eigenvalue weighted by molar-refractivity contribution is -0.122. The summed E-state index contributed by atoms with van der Waals surface area (Å²) in [7, 11) is 0. The molecule has 2 rings (SSSR count). The zero-order valence-electron chi connectivity index (χ0n) is 11.9. The first kappa shape index (κ1) is 16.9. The van der Waals surface area contributed by atoms with E-state index < -0.39 is 17.5 Å². The highest BCUT2D eigenvalue weighted by atomic mass is 32.2. The minimum absolute atomic E-state index is 0.117. The number of aromatic nitrogens is 1. The van der Waals surface area contributed by atoms with Crippen LogP contribution in [0.1, 0.15) is 0 Å². The van der Waals surface area contributed by atoms with Crippen LogP contribution in [0.5, 0.6) is 0 Å². The lowest BCUT2D eigenvalue weighted by atomic mass is 10.3. The van der Waals surface area contributed by atoms with Crippen LogP contribution in [0.15, 0.2) is 47.6 Å². The second-order valence-corrected chi connectivity index (χ2v) is 5.41. The van der Waals surface area contributed by atoms with Crippen LogP contribution in [-0.4, -0.2) is 29.1 Å². The SMILES string of the molecule is O=C(CSc1ccccn1)NCC(=O)Nc1ccc(F)c(F)c1. The first-order chi connectivity index (χ1) is 11.0. The maximum Gasteiger partial charge on any atom is 0.243 e. The van der Waals surface area contributed by atoms with Gasteiger partial charge in [-0.15, -0.1) is 0 Å². The minimum atomic E-state index is -1.06. The predicted molar refractivity (Wildman–Crippen MR) is 83.0 cm³/mol. The molecule has 1 aromatic heterocycles. The quantitative estimate of drug-likeness (QED) is 0.793. The van der Waals surface area contributed by atoms with Gasteiger partial charge in [0, 0.05) is 18.0 Å². The second-order valence-electron chi connectivity index (χ2n) is 4.41. The van der Waals surface area contributed by atoms with Crippen molar-refractivity contribution in [3.05, 3.63) is 54.2 Å². The highest BCUT2D eigenvalue weighted by molar-refractivity contribution is 7.99. The highest BCUT2D eigenvalue weighted by Gasteiger charge is 2.08. The molecule has 0 aliphatic rings. The highest BCUT2D eigenvalue weighted by Crippen LogP contribution is 2.14. The molecular formula is C15H13F2N3O2S. The van der Waals surface area contributed by atoms with Gasteiger partial charge in [-0.1, -0.05) is 17.8 Å². The van der Waals surface area contributed by atoms with E-state index in [1.165, 1.54) is 17.8 Å². The molecule has 0 aliphatic heterocycles. The minimum Gasteiger partial charge on any atom is -0.346 e. The molecule has 0 fully saturated rings. The summed E-state index contributed by atoms with van der Waals surface area (Å²) in [6.45, 7) is -0.263. The number of halogens is 2. The molecule has 0 bridgehead atoms. The zero-order chi connectivity index (χ0) is 16.7. The average molecular weight is 337 g/mol. The number of pyridine rings is 1. The number of rotatable bonds is 6. The van der Waals surface area contributed by atoms with Gasteiger partial charge in [-0.3, -0.25) is 9.59 Å². The molecule has 2 aromatic rings. The third kappa shape index (κ3) is 5.67. The molecule has 0 radical (unpaired) electrons. The predicted octanol–water partition coefficient (Wildman–Crippen LogP) is 2.21. The van der Waals surface area contributed by atoms with Gasteiger partial charge in [0.25, 0.3) is 0 Å². The van der Waals surface area contributed by atoms with Gasteiger partial charge in [-0.25, -0.2) is 13.8 Å². The van der Waals surface area contributed by atoms with Crippen LogP contribution in [0.2, 0.25) is 0 Å². The van der Waals surface area contributed by atoms with Crippen molar-refractivity contribution in [1.82, 2.24) is 10.3 Å². The van der Waals surface area contributed by atoms with Crippen LogP contribution in [0.3, 0.4) is 0 Å². The molecule has 0 saturated carbocycles. The summed E-state index contributed by atoms with van der Waals surface area (Å²) < 4.78 is 25.8. The number of carbonyl (C=O) groups excluding carboxylic acids is 2. The number of nitrogens with one attached hydrogen (secondary N) is 2. The van der Waals surface area contributed by atoms with E-state index in [0.29, 0.717) is 5.03 Å². The van der Waals surface area contributed by atoms with Crippen molar-refractivity contribution >= 4 is 29.3 Å². The number of anilines is 1. The van der Waals surface area contributed by atoms with Gasteiger partial charge in [-0.2, -0.15) is 0 Å². The number of hydrogen-bond acceptors (Lipinski definition) is 4. The standard InChI is InChI=1S/C15H13F2N3O2S/c16-11-5-4-10(7-12(11)17)20-13(21)8-19-14(22)9-23-15-3-1-2-6-18-15/h1-7H,8-9H2,(H,19,22)(H,20,21). The normalized spacial score (nSPS) is 10.2. The summed E-state index contributed by atoms with van der Waals surface area (Å²) in [5, 5.41) is 5.49. The lowest BCUT2D eigenvalue weighted by Gasteiger charge is -2.07. The lowest BCUT2D eigenvalue weighted by Crippen LogP contribution is -2.33. The van der Waals surface area contributed by atoms with Crippen molar-refractivity contribution in [3.63, 3.8) is 0 Å². The van der Waals surface area contributed by atoms with Crippen molar-refractivity contribution in [1.29, 1.82) is 0 Å². The molecule has 2 amide bonds. The largest absolute Gasteiger partial charge is 0.346 e. The smallest absolute Gasteiger partial charge is 0.243 e. The van der Waals surface area contributed by atoms with E-state index in [2.05, 4.69) is 15.6 Å². The molecule has 0 atom stereocenters. The third-order valence-electron chi connectivity index (χ3n) is 2.64. The average Bonchev–Trinajstić information content (AvgIpc) is 2.55. The van der Waals surface area contributed by atoms with Crippen LogP contribution in [0.4, 0.5) is 14.5 Å².